The van der Waals surface area contributed by atoms with E-state index in [1.54, 1.807) is 25.5 Å². The third-order valence-electron chi connectivity index (χ3n) is 5.31. The molecule has 7 nitrogen and oxygen atoms in total. The molecule has 0 aliphatic carbocycles. The fourth-order valence-corrected chi connectivity index (χ4v) is 3.52. The summed E-state index contributed by atoms with van der Waals surface area (Å²) in [5.41, 5.74) is 3.29. The summed E-state index contributed by atoms with van der Waals surface area (Å²) in [6, 6.07) is 1.87. The highest BCUT2D eigenvalue weighted by molar-refractivity contribution is 5.96. The van der Waals surface area contributed by atoms with Gasteiger partial charge in [0.1, 0.15) is 5.84 Å². The van der Waals surface area contributed by atoms with Gasteiger partial charge in [0.2, 0.25) is 0 Å². The minimum Gasteiger partial charge on any atom is -0.493 e. The first-order chi connectivity index (χ1) is 16.0. The highest BCUT2D eigenvalue weighted by Gasteiger charge is 2.16. The van der Waals surface area contributed by atoms with Crippen LogP contribution in [0, 0.1) is 11.3 Å². The van der Waals surface area contributed by atoms with Gasteiger partial charge in [-0.15, -0.1) is 0 Å². The number of aromatic nitrogens is 1. The predicted molar refractivity (Wildman–Crippen MR) is 140 cm³/mol. The number of anilines is 1. The summed E-state index contributed by atoms with van der Waals surface area (Å²) < 4.78 is 5.38. The number of aliphatic imine (C=N–C) groups is 1. The van der Waals surface area contributed by atoms with Crippen LogP contribution in [0.4, 0.5) is 5.82 Å². The van der Waals surface area contributed by atoms with E-state index in [2.05, 4.69) is 52.1 Å². The zero-order valence-corrected chi connectivity index (χ0v) is 20.0. The van der Waals surface area contributed by atoms with E-state index >= 15 is 0 Å². The zero-order chi connectivity index (χ0) is 24.1. The monoisotopic (exact) mass is 448 g/mol. The Bertz CT molecular complexity index is 938. The van der Waals surface area contributed by atoms with Gasteiger partial charge in [-0.2, -0.15) is 0 Å². The second-order valence-corrected chi connectivity index (χ2v) is 7.73. The molecule has 0 radical (unpaired) electrons. The molecule has 1 saturated heterocycles. The van der Waals surface area contributed by atoms with Crippen molar-refractivity contribution in [2.75, 3.05) is 31.8 Å². The van der Waals surface area contributed by atoms with Crippen LogP contribution in [0.1, 0.15) is 32.3 Å². The smallest absolute Gasteiger partial charge is 0.176 e. The summed E-state index contributed by atoms with van der Waals surface area (Å²) in [5.74, 6) is 2.21. The molecule has 0 saturated carbocycles. The first kappa shape index (κ1) is 25.8. The SMILES string of the molecule is C=C/C(=C\C=C/C)C1CCCNC1.C=NC(=N)/C=C/c1cnc(N2C=C(C)NC2)c(OC)c1. The van der Waals surface area contributed by atoms with Gasteiger partial charge in [-0.05, 0) is 75.2 Å². The minimum atomic E-state index is 0.107. The van der Waals surface area contributed by atoms with Crippen LogP contribution < -0.4 is 20.3 Å². The molecule has 2 aliphatic heterocycles. The topological polar surface area (TPSA) is 85.6 Å². The van der Waals surface area contributed by atoms with Gasteiger partial charge in [-0.3, -0.25) is 5.41 Å². The highest BCUT2D eigenvalue weighted by Crippen LogP contribution is 2.28. The van der Waals surface area contributed by atoms with Crippen LogP contribution >= 0.6 is 0 Å². The second kappa shape index (κ2) is 13.9. The summed E-state index contributed by atoms with van der Waals surface area (Å²) in [6.07, 6.45) is 17.9. The number of rotatable bonds is 7. The molecule has 7 heteroatoms. The minimum absolute atomic E-state index is 0.107. The van der Waals surface area contributed by atoms with E-state index in [4.69, 9.17) is 10.1 Å². The van der Waals surface area contributed by atoms with Gasteiger partial charge < -0.3 is 20.3 Å². The van der Waals surface area contributed by atoms with Crippen LogP contribution in [0.2, 0.25) is 0 Å². The van der Waals surface area contributed by atoms with Crippen molar-refractivity contribution in [3.05, 3.63) is 72.3 Å². The predicted octanol–water partition coefficient (Wildman–Crippen LogP) is 4.68. The lowest BCUT2D eigenvalue weighted by atomic mass is 9.91. The van der Waals surface area contributed by atoms with E-state index in [1.807, 2.05) is 37.1 Å². The Balaban J connectivity index is 0.000000257. The Morgan fingerprint density at radius 3 is 2.82 bits per heavy atom. The number of nitrogens with zero attached hydrogens (tertiary/aromatic N) is 3. The van der Waals surface area contributed by atoms with E-state index in [9.17, 15) is 0 Å². The van der Waals surface area contributed by atoms with Crippen molar-refractivity contribution in [3.63, 3.8) is 0 Å². The molecule has 1 atom stereocenters. The lowest BCUT2D eigenvalue weighted by molar-refractivity contribution is 0.413. The number of methoxy groups -OCH3 is 1. The summed E-state index contributed by atoms with van der Waals surface area (Å²) >= 11 is 0. The molecule has 0 bridgehead atoms. The van der Waals surface area contributed by atoms with E-state index in [0.29, 0.717) is 18.3 Å². The molecule has 33 heavy (non-hydrogen) atoms. The third-order valence-corrected chi connectivity index (χ3v) is 5.31. The van der Waals surface area contributed by atoms with Crippen LogP contribution in [0.25, 0.3) is 6.08 Å². The molecular weight excluding hydrogens is 412 g/mol. The molecule has 1 fully saturated rings. The maximum absolute atomic E-state index is 7.39. The molecule has 1 aromatic heterocycles. The Kier molecular flexibility index (Phi) is 10.8. The van der Waals surface area contributed by atoms with Crippen LogP contribution in [0.3, 0.4) is 0 Å². The molecule has 3 N–H and O–H groups in total. The molecular formula is C26H36N6O. The molecule has 3 rings (SSSR count). The quantitative estimate of drug-likeness (QED) is 0.320. The molecule has 1 unspecified atom stereocenters. The molecule has 0 aromatic carbocycles. The van der Waals surface area contributed by atoms with Crippen LogP contribution in [0.5, 0.6) is 5.75 Å². The third kappa shape index (κ3) is 8.20. The van der Waals surface area contributed by atoms with Crippen LogP contribution in [0.15, 0.2) is 71.7 Å². The zero-order valence-electron chi connectivity index (χ0n) is 20.0. The molecule has 176 valence electrons. The number of allylic oxidation sites excluding steroid dienone is 5. The number of nitrogens with one attached hydrogen (secondary N) is 3. The fraction of sp³-hybridized carbons (Fsp3) is 0.346. The normalized spacial score (nSPS) is 18.4. The van der Waals surface area contributed by atoms with Crippen molar-refractivity contribution < 1.29 is 4.74 Å². The number of hydrogen-bond donors (Lipinski definition) is 3. The van der Waals surface area contributed by atoms with Crippen LogP contribution in [-0.2, 0) is 0 Å². The highest BCUT2D eigenvalue weighted by atomic mass is 16.5. The number of hydrogen-bond acceptors (Lipinski definition) is 6. The van der Waals surface area contributed by atoms with E-state index in [-0.39, 0.29) is 5.84 Å². The van der Waals surface area contributed by atoms with Crippen molar-refractivity contribution in [2.45, 2.75) is 26.7 Å². The Morgan fingerprint density at radius 1 is 1.42 bits per heavy atom. The average Bonchev–Trinajstić information content (AvgIpc) is 3.29. The Hall–Kier alpha value is -3.45. The van der Waals surface area contributed by atoms with E-state index in [0.717, 1.165) is 23.6 Å². The van der Waals surface area contributed by atoms with Gasteiger partial charge in [0.05, 0.1) is 13.8 Å². The average molecular weight is 449 g/mol. The largest absolute Gasteiger partial charge is 0.493 e. The molecule has 0 spiro atoms. The molecule has 0 amide bonds. The standard InChI is InChI=1S/C14H17N5O.C12H19N/c1-10-8-19(9-18-10)14-12(20-3)6-11(7-17-14)4-5-13(15)16-2;1-3-5-7-11(4-2)12-8-6-9-13-10-12/h4-8,15,18H,2,9H2,1,3H3;3-5,7,12-13H,2,6,8-10H2,1H3/b5-4+,15-13?;5-3-,11-7+. The van der Waals surface area contributed by atoms with Gasteiger partial charge in [0, 0.05) is 24.6 Å². The van der Waals surface area contributed by atoms with Crippen LogP contribution in [-0.4, -0.2) is 44.4 Å². The fourth-order valence-electron chi connectivity index (χ4n) is 3.52. The second-order valence-electron chi connectivity index (χ2n) is 7.73. The molecule has 3 heterocycles. The summed E-state index contributed by atoms with van der Waals surface area (Å²) in [6.45, 7) is 14.1. The summed E-state index contributed by atoms with van der Waals surface area (Å²) in [4.78, 5) is 9.90. The van der Waals surface area contributed by atoms with Gasteiger partial charge in [-0.25, -0.2) is 9.98 Å². The number of piperidine rings is 1. The first-order valence-electron chi connectivity index (χ1n) is 11.1. The van der Waals surface area contributed by atoms with Crippen molar-refractivity contribution in [1.82, 2.24) is 15.6 Å². The molecule has 2 aliphatic rings. The summed E-state index contributed by atoms with van der Waals surface area (Å²) in [5, 5.41) is 14.0. The van der Waals surface area contributed by atoms with Crippen molar-refractivity contribution in [1.29, 1.82) is 5.41 Å². The van der Waals surface area contributed by atoms with Gasteiger partial charge in [0.15, 0.2) is 11.6 Å². The van der Waals surface area contributed by atoms with Gasteiger partial charge in [0.25, 0.3) is 0 Å². The maximum atomic E-state index is 7.39. The van der Waals surface area contributed by atoms with Gasteiger partial charge >= 0.3 is 0 Å². The number of amidine groups is 1. The summed E-state index contributed by atoms with van der Waals surface area (Å²) in [7, 11) is 1.61. The molecule has 1 aromatic rings. The van der Waals surface area contributed by atoms with Crippen molar-refractivity contribution in [3.8, 4) is 5.75 Å². The lowest BCUT2D eigenvalue weighted by Gasteiger charge is -2.23. The lowest BCUT2D eigenvalue weighted by Crippen LogP contribution is -2.30. The van der Waals surface area contributed by atoms with Crippen molar-refractivity contribution in [2.24, 2.45) is 10.9 Å². The van der Waals surface area contributed by atoms with E-state index < -0.39 is 0 Å². The van der Waals surface area contributed by atoms with Crippen molar-refractivity contribution >= 4 is 24.4 Å². The van der Waals surface area contributed by atoms with Gasteiger partial charge in [-0.1, -0.05) is 30.9 Å². The number of pyridine rings is 1. The number of ether oxygens (including phenoxy) is 1. The Morgan fingerprint density at radius 2 is 2.24 bits per heavy atom. The van der Waals surface area contributed by atoms with E-state index in [1.165, 1.54) is 25.0 Å². The first-order valence-corrected chi connectivity index (χ1v) is 11.1. The maximum Gasteiger partial charge on any atom is 0.176 e. The Labute approximate surface area is 197 Å².